The zero-order valence-electron chi connectivity index (χ0n) is 18.5. The lowest BCUT2D eigenvalue weighted by Crippen LogP contribution is -2.44. The van der Waals surface area contributed by atoms with Gasteiger partial charge in [-0.05, 0) is 74.6 Å². The molecule has 1 aromatic carbocycles. The van der Waals surface area contributed by atoms with E-state index in [-0.39, 0.29) is 28.5 Å². The number of sulfonamides is 1. The van der Waals surface area contributed by atoms with E-state index < -0.39 is 10.0 Å². The van der Waals surface area contributed by atoms with E-state index in [9.17, 15) is 18.0 Å². The predicted molar refractivity (Wildman–Crippen MR) is 121 cm³/mol. The van der Waals surface area contributed by atoms with Crippen LogP contribution in [-0.4, -0.2) is 32.8 Å². The van der Waals surface area contributed by atoms with Crippen molar-refractivity contribution in [2.45, 2.75) is 76.2 Å². The van der Waals surface area contributed by atoms with Gasteiger partial charge in [-0.1, -0.05) is 19.8 Å². The number of carbonyl (C=O) groups is 2. The minimum atomic E-state index is -3.60. The van der Waals surface area contributed by atoms with Crippen LogP contribution in [0.4, 0.5) is 5.69 Å². The highest BCUT2D eigenvalue weighted by Crippen LogP contribution is 2.30. The topological polar surface area (TPSA) is 104 Å². The van der Waals surface area contributed by atoms with Gasteiger partial charge >= 0.3 is 0 Å². The van der Waals surface area contributed by atoms with Crippen LogP contribution in [0.5, 0.6) is 0 Å². The van der Waals surface area contributed by atoms with Gasteiger partial charge in [0, 0.05) is 31.1 Å². The Morgan fingerprint density at radius 1 is 0.968 bits per heavy atom. The quantitative estimate of drug-likeness (QED) is 0.593. The van der Waals surface area contributed by atoms with Crippen LogP contribution in [0.2, 0.25) is 0 Å². The van der Waals surface area contributed by atoms with E-state index in [0.29, 0.717) is 24.2 Å². The summed E-state index contributed by atoms with van der Waals surface area (Å²) in [6, 6.07) is 6.44. The van der Waals surface area contributed by atoms with E-state index in [1.165, 1.54) is 38.3 Å². The molecule has 2 amide bonds. The van der Waals surface area contributed by atoms with Gasteiger partial charge in [0.15, 0.2) is 0 Å². The summed E-state index contributed by atoms with van der Waals surface area (Å²) in [6.07, 6.45) is 8.04. The number of anilines is 1. The van der Waals surface area contributed by atoms with Gasteiger partial charge in [-0.25, -0.2) is 13.1 Å². The van der Waals surface area contributed by atoms with Crippen LogP contribution in [0.15, 0.2) is 29.2 Å². The third kappa shape index (κ3) is 6.77. The first kappa shape index (κ1) is 23.7. The first-order chi connectivity index (χ1) is 14.7. The zero-order valence-corrected chi connectivity index (χ0v) is 19.3. The van der Waals surface area contributed by atoms with Gasteiger partial charge in [0.25, 0.3) is 0 Å². The molecule has 0 aliphatic heterocycles. The van der Waals surface area contributed by atoms with Crippen LogP contribution in [0.3, 0.4) is 0 Å². The summed E-state index contributed by atoms with van der Waals surface area (Å²) in [7, 11) is -3.60. The van der Waals surface area contributed by atoms with Crippen LogP contribution in [0.25, 0.3) is 0 Å². The Kier molecular flexibility index (Phi) is 8.11. The molecular formula is C23H35N3O4S. The molecule has 3 rings (SSSR count). The van der Waals surface area contributed by atoms with Gasteiger partial charge in [0.05, 0.1) is 4.90 Å². The summed E-state index contributed by atoms with van der Waals surface area (Å²) in [4.78, 5) is 23.9. The molecule has 0 unspecified atom stereocenters. The van der Waals surface area contributed by atoms with Crippen LogP contribution >= 0.6 is 0 Å². The molecule has 0 bridgehead atoms. The maximum atomic E-state index is 12.7. The summed E-state index contributed by atoms with van der Waals surface area (Å²) >= 11 is 0. The maximum Gasteiger partial charge on any atom is 0.240 e. The molecule has 2 atom stereocenters. The molecule has 0 spiro atoms. The van der Waals surface area contributed by atoms with E-state index in [1.807, 2.05) is 0 Å². The molecule has 2 fully saturated rings. The SMILES string of the molecule is CC(=O)Nc1ccc(S(=O)(=O)NCC2CCC(C(=O)N[C@@H]3CCCC[C@@H]3C)CC2)cc1. The summed E-state index contributed by atoms with van der Waals surface area (Å²) in [5.41, 5.74) is 0.561. The highest BCUT2D eigenvalue weighted by atomic mass is 32.2. The number of carbonyl (C=O) groups excluding carboxylic acids is 2. The molecule has 0 heterocycles. The fraction of sp³-hybridized carbons (Fsp3) is 0.652. The molecule has 31 heavy (non-hydrogen) atoms. The third-order valence-corrected chi connectivity index (χ3v) is 8.14. The van der Waals surface area contributed by atoms with Crippen molar-refractivity contribution in [3.63, 3.8) is 0 Å². The number of nitrogens with one attached hydrogen (secondary N) is 3. The van der Waals surface area contributed by atoms with Crippen molar-refractivity contribution in [3.05, 3.63) is 24.3 Å². The van der Waals surface area contributed by atoms with Gasteiger partial charge in [-0.3, -0.25) is 9.59 Å². The monoisotopic (exact) mass is 449 g/mol. The Morgan fingerprint density at radius 2 is 1.61 bits per heavy atom. The van der Waals surface area contributed by atoms with E-state index in [0.717, 1.165) is 32.1 Å². The van der Waals surface area contributed by atoms with E-state index in [4.69, 9.17) is 0 Å². The minimum absolute atomic E-state index is 0.0447. The van der Waals surface area contributed by atoms with Gasteiger partial charge in [-0.15, -0.1) is 0 Å². The Morgan fingerprint density at radius 3 is 2.23 bits per heavy atom. The highest BCUT2D eigenvalue weighted by Gasteiger charge is 2.30. The summed E-state index contributed by atoms with van der Waals surface area (Å²) in [5.74, 6) is 0.813. The highest BCUT2D eigenvalue weighted by molar-refractivity contribution is 7.89. The van der Waals surface area contributed by atoms with E-state index in [1.54, 1.807) is 12.1 Å². The molecule has 3 N–H and O–H groups in total. The number of amides is 2. The minimum Gasteiger partial charge on any atom is -0.353 e. The van der Waals surface area contributed by atoms with Crippen LogP contribution in [0, 0.1) is 17.8 Å². The van der Waals surface area contributed by atoms with Crippen LogP contribution in [0.1, 0.15) is 65.2 Å². The Bertz CT molecular complexity index is 861. The van der Waals surface area contributed by atoms with E-state index >= 15 is 0 Å². The second-order valence-corrected chi connectivity index (χ2v) is 10.9. The molecule has 0 aromatic heterocycles. The van der Waals surface area contributed by atoms with Crippen molar-refractivity contribution in [3.8, 4) is 0 Å². The summed E-state index contributed by atoms with van der Waals surface area (Å²) < 4.78 is 27.8. The number of benzene rings is 1. The molecule has 2 saturated carbocycles. The van der Waals surface area contributed by atoms with Gasteiger partial charge in [-0.2, -0.15) is 0 Å². The molecule has 7 nitrogen and oxygen atoms in total. The lowest BCUT2D eigenvalue weighted by molar-refractivity contribution is -0.127. The smallest absolute Gasteiger partial charge is 0.240 e. The Hall–Kier alpha value is -1.93. The van der Waals surface area contributed by atoms with Gasteiger partial charge in [0.1, 0.15) is 0 Å². The molecule has 0 saturated heterocycles. The van der Waals surface area contributed by atoms with Crippen molar-refractivity contribution < 1.29 is 18.0 Å². The molecule has 8 heteroatoms. The van der Waals surface area contributed by atoms with Gasteiger partial charge in [0.2, 0.25) is 21.8 Å². The average molecular weight is 450 g/mol. The lowest BCUT2D eigenvalue weighted by atomic mass is 9.80. The number of rotatable bonds is 7. The van der Waals surface area contributed by atoms with Crippen molar-refractivity contribution in [2.75, 3.05) is 11.9 Å². The van der Waals surface area contributed by atoms with Gasteiger partial charge < -0.3 is 10.6 Å². The Labute approximate surface area is 185 Å². The molecule has 172 valence electrons. The summed E-state index contributed by atoms with van der Waals surface area (Å²) in [6.45, 7) is 4.01. The Balaban J connectivity index is 1.44. The number of hydrogen-bond donors (Lipinski definition) is 3. The van der Waals surface area contributed by atoms with Crippen molar-refractivity contribution >= 4 is 27.5 Å². The molecule has 2 aliphatic carbocycles. The van der Waals surface area contributed by atoms with Crippen LogP contribution < -0.4 is 15.4 Å². The van der Waals surface area contributed by atoms with Crippen molar-refractivity contribution in [1.82, 2.24) is 10.0 Å². The molecule has 2 aliphatic rings. The molecular weight excluding hydrogens is 414 g/mol. The van der Waals surface area contributed by atoms with Crippen LogP contribution in [-0.2, 0) is 19.6 Å². The second kappa shape index (κ2) is 10.6. The maximum absolute atomic E-state index is 12.7. The largest absolute Gasteiger partial charge is 0.353 e. The first-order valence-corrected chi connectivity index (χ1v) is 12.9. The number of hydrogen-bond acceptors (Lipinski definition) is 4. The lowest BCUT2D eigenvalue weighted by Gasteiger charge is -2.33. The predicted octanol–water partition coefficient (Wildman–Crippen LogP) is 3.42. The standard InChI is InChI=1S/C23H35N3O4S/c1-16-5-3-4-6-22(16)26-23(28)19-9-7-18(8-10-19)15-24-31(29,30)21-13-11-20(12-14-21)25-17(2)27/h11-14,16,18-19,22,24H,3-10,15H2,1-2H3,(H,25,27)(H,26,28)/t16-,18?,19?,22+/m0/s1. The van der Waals surface area contributed by atoms with E-state index in [2.05, 4.69) is 22.3 Å². The summed E-state index contributed by atoms with van der Waals surface area (Å²) in [5, 5.41) is 5.89. The average Bonchev–Trinajstić information content (AvgIpc) is 2.74. The normalized spacial score (nSPS) is 26.8. The first-order valence-electron chi connectivity index (χ1n) is 11.4. The van der Waals surface area contributed by atoms with Crippen molar-refractivity contribution in [2.24, 2.45) is 17.8 Å². The third-order valence-electron chi connectivity index (χ3n) is 6.70. The molecule has 1 aromatic rings. The second-order valence-electron chi connectivity index (χ2n) is 9.15. The van der Waals surface area contributed by atoms with Crippen molar-refractivity contribution in [1.29, 1.82) is 0 Å². The fourth-order valence-electron chi connectivity index (χ4n) is 4.69. The zero-order chi connectivity index (χ0) is 22.4. The molecule has 0 radical (unpaired) electrons. The fourth-order valence-corrected chi connectivity index (χ4v) is 5.81.